The smallest absolute Gasteiger partial charge is 0.330 e. The van der Waals surface area contributed by atoms with Crippen LogP contribution in [-0.2, 0) is 4.79 Å². The quantitative estimate of drug-likeness (QED) is 0.599. The molecule has 1 aliphatic rings. The van der Waals surface area contributed by atoms with Crippen LogP contribution in [0.5, 0.6) is 0 Å². The topological polar surface area (TPSA) is 116 Å². The molecular weight excluding hydrogens is 266 g/mol. The minimum Gasteiger partial charge on any atom is -0.394 e. The normalized spacial score (nSPS) is 26.0. The lowest BCUT2D eigenvalue weighted by atomic mass is 10.2. The summed E-state index contributed by atoms with van der Waals surface area (Å²) in [6.45, 7) is 2.45. The Balaban J connectivity index is 2.51. The van der Waals surface area contributed by atoms with Gasteiger partial charge in [-0.2, -0.15) is 0 Å². The van der Waals surface area contributed by atoms with Crippen molar-refractivity contribution in [3.8, 4) is 0 Å². The molecule has 1 amide bonds. The molecule has 0 unspecified atom stereocenters. The van der Waals surface area contributed by atoms with E-state index in [1.54, 1.807) is 6.92 Å². The van der Waals surface area contributed by atoms with E-state index in [-0.39, 0.29) is 12.3 Å². The number of likely N-dealkylation sites (tertiary alicyclic amines) is 1. The van der Waals surface area contributed by atoms with Crippen molar-refractivity contribution in [3.63, 3.8) is 0 Å². The van der Waals surface area contributed by atoms with E-state index in [2.05, 4.69) is 4.98 Å². The van der Waals surface area contributed by atoms with E-state index < -0.39 is 36.2 Å². The van der Waals surface area contributed by atoms with Gasteiger partial charge in [0.05, 0.1) is 18.8 Å². The molecule has 0 radical (unpaired) electrons. The van der Waals surface area contributed by atoms with Crippen molar-refractivity contribution in [3.05, 3.63) is 32.6 Å². The molecule has 1 aromatic heterocycles. The summed E-state index contributed by atoms with van der Waals surface area (Å²) in [7, 11) is 0. The first-order chi connectivity index (χ1) is 9.36. The van der Waals surface area contributed by atoms with Crippen molar-refractivity contribution in [1.82, 2.24) is 14.5 Å². The first-order valence-corrected chi connectivity index (χ1v) is 6.26. The second-order valence-corrected chi connectivity index (χ2v) is 4.94. The van der Waals surface area contributed by atoms with Crippen LogP contribution >= 0.6 is 0 Å². The highest BCUT2D eigenvalue weighted by Gasteiger charge is 2.42. The molecule has 20 heavy (non-hydrogen) atoms. The minimum absolute atomic E-state index is 0.121. The highest BCUT2D eigenvalue weighted by atomic mass is 16.3. The van der Waals surface area contributed by atoms with Crippen LogP contribution in [0.2, 0.25) is 0 Å². The van der Waals surface area contributed by atoms with Gasteiger partial charge in [0.1, 0.15) is 6.17 Å². The molecule has 2 heterocycles. The van der Waals surface area contributed by atoms with Crippen molar-refractivity contribution < 1.29 is 15.0 Å². The molecule has 0 aromatic carbocycles. The van der Waals surface area contributed by atoms with Crippen molar-refractivity contribution in [2.45, 2.75) is 38.6 Å². The molecule has 0 aliphatic carbocycles. The van der Waals surface area contributed by atoms with Crippen LogP contribution in [-0.4, -0.2) is 49.3 Å². The Bertz CT molecular complexity index is 635. The van der Waals surface area contributed by atoms with E-state index >= 15 is 0 Å². The Labute approximate surface area is 114 Å². The summed E-state index contributed by atoms with van der Waals surface area (Å²) >= 11 is 0. The molecule has 2 rings (SSSR count). The van der Waals surface area contributed by atoms with E-state index in [1.165, 1.54) is 22.6 Å². The van der Waals surface area contributed by atoms with Gasteiger partial charge >= 0.3 is 5.69 Å². The van der Waals surface area contributed by atoms with Crippen molar-refractivity contribution in [2.75, 3.05) is 6.61 Å². The molecule has 3 atom stereocenters. The number of nitrogens with zero attached hydrogens (tertiary/aromatic N) is 2. The Morgan fingerprint density at radius 1 is 1.50 bits per heavy atom. The fourth-order valence-corrected chi connectivity index (χ4v) is 2.60. The molecule has 8 heteroatoms. The zero-order valence-corrected chi connectivity index (χ0v) is 11.2. The van der Waals surface area contributed by atoms with Crippen LogP contribution < -0.4 is 11.2 Å². The summed E-state index contributed by atoms with van der Waals surface area (Å²) < 4.78 is 1.21. The van der Waals surface area contributed by atoms with Gasteiger partial charge in [0.25, 0.3) is 5.56 Å². The molecule has 1 aliphatic heterocycles. The fourth-order valence-electron chi connectivity index (χ4n) is 2.60. The standard InChI is InChI=1S/C12H17N3O5/c1-6-4-14(12(20)13-11(6)19)10-3-9(18)8(5-16)15(10)7(2)17/h4,8-10,16,18H,3,5H2,1-2H3,(H,13,19,20)/t8-,9+,10-/m1/s1. The summed E-state index contributed by atoms with van der Waals surface area (Å²) in [5.41, 5.74) is -0.810. The van der Waals surface area contributed by atoms with Crippen molar-refractivity contribution >= 4 is 5.91 Å². The summed E-state index contributed by atoms with van der Waals surface area (Å²) in [6, 6.07) is -0.753. The van der Waals surface area contributed by atoms with Crippen LogP contribution in [0.25, 0.3) is 0 Å². The average Bonchev–Trinajstić information content (AvgIpc) is 2.70. The van der Waals surface area contributed by atoms with Gasteiger partial charge in [-0.25, -0.2) is 4.79 Å². The maximum absolute atomic E-state index is 11.9. The van der Waals surface area contributed by atoms with E-state index in [0.717, 1.165) is 0 Å². The van der Waals surface area contributed by atoms with E-state index in [4.69, 9.17) is 0 Å². The number of carbonyl (C=O) groups is 1. The Morgan fingerprint density at radius 2 is 2.15 bits per heavy atom. The van der Waals surface area contributed by atoms with Crippen LogP contribution in [0.15, 0.2) is 15.8 Å². The second-order valence-electron chi connectivity index (χ2n) is 4.94. The number of aliphatic hydroxyl groups is 2. The number of nitrogens with one attached hydrogen (secondary N) is 1. The maximum Gasteiger partial charge on any atom is 0.330 e. The van der Waals surface area contributed by atoms with Crippen LogP contribution in [0.4, 0.5) is 0 Å². The summed E-state index contributed by atoms with van der Waals surface area (Å²) in [5, 5.41) is 19.2. The molecule has 0 spiro atoms. The largest absolute Gasteiger partial charge is 0.394 e. The maximum atomic E-state index is 11.9. The van der Waals surface area contributed by atoms with Gasteiger partial charge in [-0.15, -0.1) is 0 Å². The van der Waals surface area contributed by atoms with Crippen LogP contribution in [0, 0.1) is 6.92 Å². The van der Waals surface area contributed by atoms with Crippen molar-refractivity contribution in [2.24, 2.45) is 0 Å². The molecule has 1 saturated heterocycles. The summed E-state index contributed by atoms with van der Waals surface area (Å²) in [4.78, 5) is 38.4. The minimum atomic E-state index is -0.923. The predicted octanol–water partition coefficient (Wildman–Crippen LogP) is -1.68. The van der Waals surface area contributed by atoms with Crippen LogP contribution in [0.1, 0.15) is 25.1 Å². The number of aliphatic hydroxyl groups excluding tert-OH is 2. The van der Waals surface area contributed by atoms with E-state index in [1.807, 2.05) is 0 Å². The van der Waals surface area contributed by atoms with Gasteiger partial charge in [-0.05, 0) is 6.92 Å². The van der Waals surface area contributed by atoms with Crippen molar-refractivity contribution in [1.29, 1.82) is 0 Å². The number of hydrogen-bond donors (Lipinski definition) is 3. The number of hydrogen-bond acceptors (Lipinski definition) is 5. The van der Waals surface area contributed by atoms with Gasteiger partial charge < -0.3 is 15.1 Å². The lowest BCUT2D eigenvalue weighted by Crippen LogP contribution is -2.45. The predicted molar refractivity (Wildman–Crippen MR) is 69.1 cm³/mol. The Hall–Kier alpha value is -1.93. The molecule has 8 nitrogen and oxygen atoms in total. The monoisotopic (exact) mass is 283 g/mol. The SMILES string of the molecule is CC(=O)N1[C@H](CO)[C@@H](O)C[C@@H]1n1cc(C)c(=O)[nH]c1=O. The Kier molecular flexibility index (Phi) is 3.78. The third-order valence-corrected chi connectivity index (χ3v) is 3.59. The number of aromatic nitrogens is 2. The van der Waals surface area contributed by atoms with Gasteiger partial charge in [-0.1, -0.05) is 0 Å². The molecular formula is C12H17N3O5. The first-order valence-electron chi connectivity index (χ1n) is 6.26. The zero-order chi connectivity index (χ0) is 15.0. The van der Waals surface area contributed by atoms with E-state index in [0.29, 0.717) is 5.56 Å². The number of H-pyrrole nitrogens is 1. The van der Waals surface area contributed by atoms with Gasteiger partial charge in [0.15, 0.2) is 0 Å². The lowest BCUT2D eigenvalue weighted by Gasteiger charge is -2.29. The molecule has 1 fully saturated rings. The lowest BCUT2D eigenvalue weighted by molar-refractivity contribution is -0.135. The first kappa shape index (κ1) is 14.5. The summed E-state index contributed by atoms with van der Waals surface area (Å²) in [5.74, 6) is -0.360. The molecule has 1 aromatic rings. The molecule has 110 valence electrons. The highest BCUT2D eigenvalue weighted by Crippen LogP contribution is 2.31. The van der Waals surface area contributed by atoms with E-state index in [9.17, 15) is 24.6 Å². The Morgan fingerprint density at radius 3 is 2.70 bits per heavy atom. The van der Waals surface area contributed by atoms with Gasteiger partial charge in [-0.3, -0.25) is 19.1 Å². The van der Waals surface area contributed by atoms with Crippen LogP contribution in [0.3, 0.4) is 0 Å². The fraction of sp³-hybridized carbons (Fsp3) is 0.583. The number of rotatable bonds is 2. The molecule has 3 N–H and O–H groups in total. The third-order valence-electron chi connectivity index (χ3n) is 3.59. The second kappa shape index (κ2) is 5.22. The van der Waals surface area contributed by atoms with Gasteiger partial charge in [0, 0.05) is 25.1 Å². The molecule has 0 saturated carbocycles. The average molecular weight is 283 g/mol. The highest BCUT2D eigenvalue weighted by molar-refractivity contribution is 5.74. The third kappa shape index (κ3) is 2.27. The number of amides is 1. The molecule has 0 bridgehead atoms. The number of aryl methyl sites for hydroxylation is 1. The van der Waals surface area contributed by atoms with Gasteiger partial charge in [0.2, 0.25) is 5.91 Å². The number of aromatic amines is 1. The number of carbonyl (C=O) groups excluding carboxylic acids is 1. The summed E-state index contributed by atoms with van der Waals surface area (Å²) in [6.07, 6.45) is -0.166. The zero-order valence-electron chi connectivity index (χ0n) is 11.2.